The zero-order valence-corrected chi connectivity index (χ0v) is 9.13. The van der Waals surface area contributed by atoms with Crippen LogP contribution in [0.25, 0.3) is 0 Å². The molecule has 4 heteroatoms. The molecule has 3 nitrogen and oxygen atoms in total. The molecule has 0 spiro atoms. The van der Waals surface area contributed by atoms with E-state index < -0.39 is 6.10 Å². The van der Waals surface area contributed by atoms with Gasteiger partial charge in [0.05, 0.1) is 12.5 Å². The number of likely N-dealkylation sites (tertiary alicyclic amines) is 1. The summed E-state index contributed by atoms with van der Waals surface area (Å²) >= 11 is 1.98. The third-order valence-corrected chi connectivity index (χ3v) is 4.27. The number of aliphatic hydroxyl groups is 1. The van der Waals surface area contributed by atoms with Gasteiger partial charge in [0.25, 0.3) is 0 Å². The van der Waals surface area contributed by atoms with Crippen molar-refractivity contribution in [3.8, 4) is 0 Å². The SMILES string of the molecule is O=C1CC(O)CN1CC1CCCCS1. The highest BCUT2D eigenvalue weighted by molar-refractivity contribution is 7.99. The van der Waals surface area contributed by atoms with E-state index >= 15 is 0 Å². The lowest BCUT2D eigenvalue weighted by Crippen LogP contribution is -2.33. The van der Waals surface area contributed by atoms with Gasteiger partial charge in [0.2, 0.25) is 5.91 Å². The summed E-state index contributed by atoms with van der Waals surface area (Å²) in [6.45, 7) is 1.40. The van der Waals surface area contributed by atoms with Gasteiger partial charge >= 0.3 is 0 Å². The van der Waals surface area contributed by atoms with Gasteiger partial charge in [0.1, 0.15) is 0 Å². The Morgan fingerprint density at radius 1 is 1.50 bits per heavy atom. The van der Waals surface area contributed by atoms with E-state index in [1.807, 2.05) is 16.7 Å². The molecule has 0 saturated carbocycles. The number of rotatable bonds is 2. The Labute approximate surface area is 88.9 Å². The first-order valence-corrected chi connectivity index (χ1v) is 6.38. The number of amides is 1. The first kappa shape index (κ1) is 10.3. The van der Waals surface area contributed by atoms with Crippen LogP contribution in [0.2, 0.25) is 0 Å². The third-order valence-electron chi connectivity index (χ3n) is 2.89. The van der Waals surface area contributed by atoms with Crippen molar-refractivity contribution in [2.24, 2.45) is 0 Å². The van der Waals surface area contributed by atoms with Gasteiger partial charge in [0.15, 0.2) is 0 Å². The Bertz CT molecular complexity index is 216. The van der Waals surface area contributed by atoms with Crippen LogP contribution in [0.15, 0.2) is 0 Å². The number of carbonyl (C=O) groups is 1. The molecule has 1 N–H and O–H groups in total. The minimum Gasteiger partial charge on any atom is -0.391 e. The Hall–Kier alpha value is -0.220. The van der Waals surface area contributed by atoms with E-state index in [1.165, 1.54) is 25.0 Å². The fourth-order valence-electron chi connectivity index (χ4n) is 2.12. The standard InChI is InChI=1S/C10H17NO2S/c12-8-5-10(13)11(6-8)7-9-3-1-2-4-14-9/h8-9,12H,1-7H2. The fraction of sp³-hybridized carbons (Fsp3) is 0.900. The Morgan fingerprint density at radius 2 is 2.36 bits per heavy atom. The molecule has 2 unspecified atom stereocenters. The van der Waals surface area contributed by atoms with E-state index in [4.69, 9.17) is 0 Å². The van der Waals surface area contributed by atoms with Crippen LogP contribution in [-0.2, 0) is 4.79 Å². The lowest BCUT2D eigenvalue weighted by atomic mass is 10.2. The maximum atomic E-state index is 11.4. The monoisotopic (exact) mass is 215 g/mol. The number of thioether (sulfide) groups is 1. The molecular formula is C10H17NO2S. The highest BCUT2D eigenvalue weighted by atomic mass is 32.2. The summed E-state index contributed by atoms with van der Waals surface area (Å²) in [5.74, 6) is 1.36. The number of carbonyl (C=O) groups excluding carboxylic acids is 1. The van der Waals surface area contributed by atoms with Crippen molar-refractivity contribution in [1.82, 2.24) is 4.90 Å². The third kappa shape index (κ3) is 2.42. The van der Waals surface area contributed by atoms with Gasteiger partial charge in [-0.15, -0.1) is 0 Å². The van der Waals surface area contributed by atoms with Crippen LogP contribution >= 0.6 is 11.8 Å². The van der Waals surface area contributed by atoms with Crippen molar-refractivity contribution in [1.29, 1.82) is 0 Å². The smallest absolute Gasteiger partial charge is 0.225 e. The Morgan fingerprint density at radius 3 is 2.93 bits per heavy atom. The van der Waals surface area contributed by atoms with Crippen LogP contribution in [0.3, 0.4) is 0 Å². The quantitative estimate of drug-likeness (QED) is 0.743. The molecule has 80 valence electrons. The van der Waals surface area contributed by atoms with Crippen LogP contribution < -0.4 is 0 Å². The number of β-amino-alcohol motifs (C(OH)–C–C–N with tert-alkyl or cyclic N) is 1. The van der Waals surface area contributed by atoms with E-state index in [9.17, 15) is 9.90 Å². The van der Waals surface area contributed by atoms with Crippen molar-refractivity contribution < 1.29 is 9.90 Å². The first-order chi connectivity index (χ1) is 6.75. The van der Waals surface area contributed by atoms with E-state index in [0.717, 1.165) is 6.54 Å². The lowest BCUT2D eigenvalue weighted by molar-refractivity contribution is -0.127. The molecule has 0 aromatic rings. The Kier molecular flexibility index (Phi) is 3.34. The average molecular weight is 215 g/mol. The zero-order chi connectivity index (χ0) is 9.97. The molecular weight excluding hydrogens is 198 g/mol. The first-order valence-electron chi connectivity index (χ1n) is 5.33. The average Bonchev–Trinajstić information content (AvgIpc) is 2.47. The van der Waals surface area contributed by atoms with Crippen molar-refractivity contribution in [3.63, 3.8) is 0 Å². The van der Waals surface area contributed by atoms with Crippen LogP contribution in [0.1, 0.15) is 25.7 Å². The molecule has 0 aromatic carbocycles. The molecule has 2 aliphatic heterocycles. The molecule has 0 aliphatic carbocycles. The maximum Gasteiger partial charge on any atom is 0.225 e. The largest absolute Gasteiger partial charge is 0.391 e. The van der Waals surface area contributed by atoms with E-state index in [0.29, 0.717) is 18.2 Å². The topological polar surface area (TPSA) is 40.5 Å². The number of hydrogen-bond donors (Lipinski definition) is 1. The van der Waals surface area contributed by atoms with E-state index in [-0.39, 0.29) is 5.91 Å². The molecule has 0 bridgehead atoms. The summed E-state index contributed by atoms with van der Waals surface area (Å²) in [6, 6.07) is 0. The molecule has 14 heavy (non-hydrogen) atoms. The molecule has 2 heterocycles. The van der Waals surface area contributed by atoms with Gasteiger partial charge in [0, 0.05) is 18.3 Å². The van der Waals surface area contributed by atoms with Gasteiger partial charge in [-0.2, -0.15) is 11.8 Å². The van der Waals surface area contributed by atoms with Gasteiger partial charge in [-0.1, -0.05) is 6.42 Å². The minimum absolute atomic E-state index is 0.128. The fourth-order valence-corrected chi connectivity index (χ4v) is 3.45. The summed E-state index contributed by atoms with van der Waals surface area (Å²) in [4.78, 5) is 13.2. The second kappa shape index (κ2) is 4.53. The van der Waals surface area contributed by atoms with E-state index in [1.54, 1.807) is 0 Å². The molecule has 0 radical (unpaired) electrons. The van der Waals surface area contributed by atoms with Crippen LogP contribution in [0, 0.1) is 0 Å². The molecule has 2 aliphatic rings. The van der Waals surface area contributed by atoms with Gasteiger partial charge in [-0.25, -0.2) is 0 Å². The molecule has 0 aromatic heterocycles. The van der Waals surface area contributed by atoms with Gasteiger partial charge in [-0.05, 0) is 18.6 Å². The predicted octanol–water partition coefficient (Wildman–Crippen LogP) is 0.865. The summed E-state index contributed by atoms with van der Waals surface area (Å²) in [5, 5.41) is 9.94. The van der Waals surface area contributed by atoms with Crippen LogP contribution in [0.4, 0.5) is 0 Å². The maximum absolute atomic E-state index is 11.4. The molecule has 1 amide bonds. The van der Waals surface area contributed by atoms with Gasteiger partial charge < -0.3 is 10.0 Å². The number of hydrogen-bond acceptors (Lipinski definition) is 3. The second-order valence-electron chi connectivity index (χ2n) is 4.15. The molecule has 2 fully saturated rings. The van der Waals surface area contributed by atoms with Crippen molar-refractivity contribution >= 4 is 17.7 Å². The molecule has 2 atom stereocenters. The van der Waals surface area contributed by atoms with Crippen molar-refractivity contribution in [2.45, 2.75) is 37.0 Å². The van der Waals surface area contributed by atoms with E-state index in [2.05, 4.69) is 0 Å². The summed E-state index contributed by atoms with van der Waals surface area (Å²) < 4.78 is 0. The second-order valence-corrected chi connectivity index (χ2v) is 5.55. The summed E-state index contributed by atoms with van der Waals surface area (Å²) in [6.07, 6.45) is 3.75. The highest BCUT2D eigenvalue weighted by Gasteiger charge is 2.30. The zero-order valence-electron chi connectivity index (χ0n) is 8.32. The Balaban J connectivity index is 1.81. The number of nitrogens with zero attached hydrogens (tertiary/aromatic N) is 1. The lowest BCUT2D eigenvalue weighted by Gasteiger charge is -2.26. The highest BCUT2D eigenvalue weighted by Crippen LogP contribution is 2.26. The summed E-state index contributed by atoms with van der Waals surface area (Å²) in [5.41, 5.74) is 0. The van der Waals surface area contributed by atoms with Crippen molar-refractivity contribution in [2.75, 3.05) is 18.8 Å². The minimum atomic E-state index is -0.420. The normalized spacial score (nSPS) is 33.8. The molecule has 2 saturated heterocycles. The number of aliphatic hydroxyl groups excluding tert-OH is 1. The summed E-state index contributed by atoms with van der Waals surface area (Å²) in [7, 11) is 0. The predicted molar refractivity (Wildman–Crippen MR) is 57.3 cm³/mol. The van der Waals surface area contributed by atoms with Crippen LogP contribution in [-0.4, -0.2) is 46.1 Å². The van der Waals surface area contributed by atoms with Gasteiger partial charge in [-0.3, -0.25) is 4.79 Å². The molecule has 2 rings (SSSR count). The van der Waals surface area contributed by atoms with Crippen LogP contribution in [0.5, 0.6) is 0 Å². The van der Waals surface area contributed by atoms with Crippen molar-refractivity contribution in [3.05, 3.63) is 0 Å².